The highest BCUT2D eigenvalue weighted by Gasteiger charge is 2.59. The summed E-state index contributed by atoms with van der Waals surface area (Å²) in [6, 6.07) is 6.06. The molecule has 146 valence electrons. The summed E-state index contributed by atoms with van der Waals surface area (Å²) in [6.45, 7) is 2.11. The number of aryl methyl sites for hydroxylation is 1. The second-order valence-corrected chi connectivity index (χ2v) is 6.44. The van der Waals surface area contributed by atoms with Crippen LogP contribution in [0.4, 0.5) is 13.2 Å². The van der Waals surface area contributed by atoms with Gasteiger partial charge in [0.1, 0.15) is 5.75 Å². The Hall–Kier alpha value is -2.32. The maximum absolute atomic E-state index is 13.9. The van der Waals surface area contributed by atoms with Crippen molar-refractivity contribution in [2.75, 3.05) is 6.61 Å². The van der Waals surface area contributed by atoms with E-state index in [9.17, 15) is 23.1 Å². The molecule has 1 aromatic heterocycles. The lowest BCUT2D eigenvalue weighted by atomic mass is 9.78. The highest BCUT2D eigenvalue weighted by Crippen LogP contribution is 2.50. The zero-order valence-electron chi connectivity index (χ0n) is 14.4. The van der Waals surface area contributed by atoms with Gasteiger partial charge in [-0.3, -0.25) is 4.98 Å². The van der Waals surface area contributed by atoms with Crippen LogP contribution in [0.2, 0.25) is 5.02 Å². The first-order valence-corrected chi connectivity index (χ1v) is 8.21. The molecule has 9 heteroatoms. The van der Waals surface area contributed by atoms with E-state index in [0.29, 0.717) is 5.69 Å². The molecule has 0 spiro atoms. The third kappa shape index (κ3) is 4.33. The zero-order chi connectivity index (χ0) is 20.4. The van der Waals surface area contributed by atoms with Crippen LogP contribution in [0.3, 0.4) is 0 Å². The van der Waals surface area contributed by atoms with Crippen molar-refractivity contribution in [2.45, 2.75) is 31.5 Å². The smallest absolute Gasteiger partial charge is 0.422 e. The number of pyridine rings is 1. The summed E-state index contributed by atoms with van der Waals surface area (Å²) >= 11 is 6.10. The van der Waals surface area contributed by atoms with Gasteiger partial charge < -0.3 is 14.9 Å². The lowest BCUT2D eigenvalue weighted by Crippen LogP contribution is -2.46. The van der Waals surface area contributed by atoms with Crippen LogP contribution in [0.15, 0.2) is 36.5 Å². The Balaban J connectivity index is 2.47. The number of benzene rings is 1. The predicted molar refractivity (Wildman–Crippen MR) is 91.9 cm³/mol. The van der Waals surface area contributed by atoms with Crippen LogP contribution in [0.5, 0.6) is 5.75 Å². The molecule has 27 heavy (non-hydrogen) atoms. The van der Waals surface area contributed by atoms with Gasteiger partial charge >= 0.3 is 12.1 Å². The Morgan fingerprint density at radius 3 is 2.48 bits per heavy atom. The first kappa shape index (κ1) is 21.0. The monoisotopic (exact) mass is 403 g/mol. The summed E-state index contributed by atoms with van der Waals surface area (Å²) in [5.41, 5.74) is -3.19. The van der Waals surface area contributed by atoms with Crippen LogP contribution in [-0.2, 0) is 10.4 Å². The normalized spacial score (nSPS) is 15.1. The molecule has 0 radical (unpaired) electrons. The molecule has 2 N–H and O–H groups in total. The van der Waals surface area contributed by atoms with Gasteiger partial charge in [-0.15, -0.1) is 0 Å². The number of halogens is 4. The summed E-state index contributed by atoms with van der Waals surface area (Å²) in [7, 11) is 0. The van der Waals surface area contributed by atoms with Gasteiger partial charge in [0, 0.05) is 22.8 Å². The summed E-state index contributed by atoms with van der Waals surface area (Å²) in [4.78, 5) is 14.4. The minimum atomic E-state index is -4.98. The van der Waals surface area contributed by atoms with Gasteiger partial charge in [0.05, 0.1) is 0 Å². The number of carboxylic acids is 1. The van der Waals surface area contributed by atoms with Crippen molar-refractivity contribution in [2.24, 2.45) is 0 Å². The van der Waals surface area contributed by atoms with Gasteiger partial charge in [-0.2, -0.15) is 13.2 Å². The number of hydrogen-bond donors (Lipinski definition) is 2. The maximum atomic E-state index is 13.9. The average molecular weight is 404 g/mol. The first-order valence-electron chi connectivity index (χ1n) is 7.83. The Morgan fingerprint density at radius 2 is 1.96 bits per heavy atom. The Morgan fingerprint density at radius 1 is 1.30 bits per heavy atom. The van der Waals surface area contributed by atoms with Crippen molar-refractivity contribution < 1.29 is 32.9 Å². The number of hydrogen-bond acceptors (Lipinski definition) is 4. The van der Waals surface area contributed by atoms with Crippen LogP contribution in [-0.4, -0.2) is 33.9 Å². The largest absolute Gasteiger partial charge is 0.482 e. The van der Waals surface area contributed by atoms with Gasteiger partial charge in [0.25, 0.3) is 0 Å². The fourth-order valence-electron chi connectivity index (χ4n) is 2.76. The van der Waals surface area contributed by atoms with E-state index in [1.54, 1.807) is 0 Å². The lowest BCUT2D eigenvalue weighted by molar-refractivity contribution is -0.274. The number of alkyl halides is 3. The molecular formula is C18H17ClF3NO4. The number of carboxylic acid groups (broad SMARTS) is 1. The number of carbonyl (C=O) groups is 1. The second-order valence-electron chi connectivity index (χ2n) is 6.04. The highest BCUT2D eigenvalue weighted by atomic mass is 35.5. The van der Waals surface area contributed by atoms with Crippen molar-refractivity contribution in [1.29, 1.82) is 0 Å². The number of nitrogens with zero attached hydrogens (tertiary/aromatic N) is 1. The molecule has 0 fully saturated rings. The fourth-order valence-corrected chi connectivity index (χ4v) is 3.09. The van der Waals surface area contributed by atoms with E-state index >= 15 is 0 Å². The molecule has 2 atom stereocenters. The van der Waals surface area contributed by atoms with Crippen LogP contribution < -0.4 is 4.74 Å². The molecule has 2 aromatic rings. The summed E-state index contributed by atoms with van der Waals surface area (Å²) < 4.78 is 46.6. The summed E-state index contributed by atoms with van der Waals surface area (Å²) in [6.07, 6.45) is -3.79. The van der Waals surface area contributed by atoms with Crippen molar-refractivity contribution in [3.63, 3.8) is 0 Å². The molecule has 0 aliphatic rings. The van der Waals surface area contributed by atoms with Gasteiger partial charge in [-0.1, -0.05) is 24.6 Å². The van der Waals surface area contributed by atoms with Gasteiger partial charge in [-0.25, -0.2) is 4.79 Å². The molecule has 2 rings (SSSR count). The van der Waals surface area contributed by atoms with E-state index in [2.05, 4.69) is 4.98 Å². The molecule has 0 aliphatic carbocycles. The summed E-state index contributed by atoms with van der Waals surface area (Å²) in [5, 5.41) is 19.2. The Bertz CT molecular complexity index is 844. The quantitative estimate of drug-likeness (QED) is 0.760. The van der Waals surface area contributed by atoms with Crippen LogP contribution in [0, 0.1) is 6.92 Å². The van der Waals surface area contributed by atoms with Gasteiger partial charge in [0.15, 0.2) is 12.2 Å². The first-order chi connectivity index (χ1) is 12.5. The standard InChI is InChI=1S/C18H17ClF3NO4/c1-10-7-12(5-6-23-10)17(26,18(20,21)22)11(2)14-4-3-13(8-15(14)19)27-9-16(24)25/h3-8,11,26H,9H2,1-2H3,(H,24,25). The van der Waals surface area contributed by atoms with Crippen LogP contribution in [0.1, 0.15) is 29.7 Å². The predicted octanol–water partition coefficient (Wildman–Crippen LogP) is 4.06. The minimum Gasteiger partial charge on any atom is -0.482 e. The maximum Gasteiger partial charge on any atom is 0.422 e. The molecule has 0 bridgehead atoms. The molecule has 0 saturated heterocycles. The molecule has 0 amide bonds. The Kier molecular flexibility index (Phi) is 6.01. The second kappa shape index (κ2) is 7.74. The van der Waals surface area contributed by atoms with E-state index in [-0.39, 0.29) is 21.9 Å². The van der Waals surface area contributed by atoms with Crippen LogP contribution >= 0.6 is 11.6 Å². The van der Waals surface area contributed by atoms with Gasteiger partial charge in [-0.05, 0) is 42.3 Å². The van der Waals surface area contributed by atoms with E-state index in [4.69, 9.17) is 21.4 Å². The highest BCUT2D eigenvalue weighted by molar-refractivity contribution is 6.31. The molecule has 1 aromatic carbocycles. The third-order valence-corrected chi connectivity index (χ3v) is 4.52. The molecule has 1 heterocycles. The van der Waals surface area contributed by atoms with E-state index < -0.39 is 30.3 Å². The van der Waals surface area contributed by atoms with Gasteiger partial charge in [0.2, 0.25) is 0 Å². The Labute approximate surface area is 158 Å². The minimum absolute atomic E-state index is 0.0358. The molecule has 5 nitrogen and oxygen atoms in total. The number of rotatable bonds is 6. The number of aliphatic carboxylic acids is 1. The van der Waals surface area contributed by atoms with E-state index in [1.165, 1.54) is 44.3 Å². The molecular weight excluding hydrogens is 387 g/mol. The molecule has 2 unspecified atom stereocenters. The van der Waals surface area contributed by atoms with Crippen molar-refractivity contribution in [3.05, 3.63) is 58.4 Å². The number of aromatic nitrogens is 1. The lowest BCUT2D eigenvalue weighted by Gasteiger charge is -2.37. The fraction of sp³-hybridized carbons (Fsp3) is 0.333. The van der Waals surface area contributed by atoms with E-state index in [0.717, 1.165) is 6.07 Å². The summed E-state index contributed by atoms with van der Waals surface area (Å²) in [5.74, 6) is -2.57. The van der Waals surface area contributed by atoms with Crippen molar-refractivity contribution in [3.8, 4) is 5.75 Å². The zero-order valence-corrected chi connectivity index (χ0v) is 15.2. The molecule has 0 aliphatic heterocycles. The third-order valence-electron chi connectivity index (χ3n) is 4.20. The average Bonchev–Trinajstić information content (AvgIpc) is 2.57. The van der Waals surface area contributed by atoms with E-state index in [1.807, 2.05) is 0 Å². The number of aliphatic hydroxyl groups is 1. The van der Waals surface area contributed by atoms with Crippen molar-refractivity contribution >= 4 is 17.6 Å². The van der Waals surface area contributed by atoms with Crippen LogP contribution in [0.25, 0.3) is 0 Å². The SMILES string of the molecule is Cc1cc(C(O)(C(C)c2ccc(OCC(=O)O)cc2Cl)C(F)(F)F)ccn1. The topological polar surface area (TPSA) is 79.7 Å². The number of ether oxygens (including phenoxy) is 1. The molecule has 0 saturated carbocycles. The van der Waals surface area contributed by atoms with Crippen molar-refractivity contribution in [1.82, 2.24) is 4.98 Å².